The number of aromatic nitrogens is 1. The van der Waals surface area contributed by atoms with Gasteiger partial charge >= 0.3 is 0 Å². The summed E-state index contributed by atoms with van der Waals surface area (Å²) in [5, 5.41) is 3.93. The second-order valence-corrected chi connectivity index (χ2v) is 6.04. The molecular formula is C13H11Br2ClN2O. The van der Waals surface area contributed by atoms with Crippen molar-refractivity contribution in [3.63, 3.8) is 0 Å². The zero-order chi connectivity index (χ0) is 13.8. The number of rotatable bonds is 4. The number of anilines is 1. The second kappa shape index (κ2) is 6.59. The van der Waals surface area contributed by atoms with Crippen molar-refractivity contribution in [1.29, 1.82) is 0 Å². The molecule has 0 bridgehead atoms. The lowest BCUT2D eigenvalue weighted by atomic mass is 10.2. The van der Waals surface area contributed by atoms with Gasteiger partial charge in [0.1, 0.15) is 0 Å². The van der Waals surface area contributed by atoms with Gasteiger partial charge in [-0.2, -0.15) is 0 Å². The Balaban J connectivity index is 2.19. The lowest BCUT2D eigenvalue weighted by Gasteiger charge is -2.13. The zero-order valence-corrected chi connectivity index (χ0v) is 14.0. The van der Waals surface area contributed by atoms with E-state index in [4.69, 9.17) is 16.3 Å². The van der Waals surface area contributed by atoms with Crippen molar-refractivity contribution in [2.24, 2.45) is 0 Å². The predicted molar refractivity (Wildman–Crippen MR) is 85.0 cm³/mol. The van der Waals surface area contributed by atoms with Crippen molar-refractivity contribution < 1.29 is 4.74 Å². The Hall–Kier alpha value is -0.780. The van der Waals surface area contributed by atoms with Crippen LogP contribution in [0, 0.1) is 0 Å². The first-order valence-corrected chi connectivity index (χ1v) is 7.43. The quantitative estimate of drug-likeness (QED) is 0.786. The zero-order valence-electron chi connectivity index (χ0n) is 10.1. The van der Waals surface area contributed by atoms with Gasteiger partial charge in [0.15, 0.2) is 5.75 Å². The highest BCUT2D eigenvalue weighted by molar-refractivity contribution is 9.10. The van der Waals surface area contributed by atoms with Gasteiger partial charge in [-0.05, 0) is 55.6 Å². The SMILES string of the molecule is COc1c(Br)cc(Cl)cc1NCc1cncc(Br)c1. The minimum Gasteiger partial charge on any atom is -0.493 e. The number of hydrogen-bond donors (Lipinski definition) is 1. The van der Waals surface area contributed by atoms with Gasteiger partial charge in [0, 0.05) is 28.4 Å². The summed E-state index contributed by atoms with van der Waals surface area (Å²) in [5.41, 5.74) is 1.90. The first kappa shape index (κ1) is 14.6. The van der Waals surface area contributed by atoms with E-state index in [1.54, 1.807) is 19.4 Å². The molecule has 2 rings (SSSR count). The van der Waals surface area contributed by atoms with Gasteiger partial charge in [-0.1, -0.05) is 11.6 Å². The van der Waals surface area contributed by atoms with Crippen LogP contribution in [0.1, 0.15) is 5.56 Å². The van der Waals surface area contributed by atoms with Gasteiger partial charge in [-0.15, -0.1) is 0 Å². The standard InChI is InChI=1S/C13H11Br2ClN2O/c1-19-13-11(15)3-10(16)4-12(13)18-6-8-2-9(14)7-17-5-8/h2-5,7,18H,6H2,1H3. The molecule has 1 aromatic heterocycles. The highest BCUT2D eigenvalue weighted by Gasteiger charge is 2.09. The molecule has 0 amide bonds. The molecule has 0 saturated carbocycles. The third-order valence-electron chi connectivity index (χ3n) is 2.46. The normalized spacial score (nSPS) is 10.3. The van der Waals surface area contributed by atoms with Crippen LogP contribution in [0.4, 0.5) is 5.69 Å². The fourth-order valence-corrected chi connectivity index (χ4v) is 3.03. The smallest absolute Gasteiger partial charge is 0.156 e. The molecule has 0 aliphatic carbocycles. The minimum absolute atomic E-state index is 0.635. The maximum atomic E-state index is 6.04. The van der Waals surface area contributed by atoms with E-state index in [2.05, 4.69) is 42.2 Å². The van der Waals surface area contributed by atoms with Crippen LogP contribution in [0.5, 0.6) is 5.75 Å². The highest BCUT2D eigenvalue weighted by Crippen LogP contribution is 2.36. The van der Waals surface area contributed by atoms with Crippen molar-refractivity contribution in [2.75, 3.05) is 12.4 Å². The molecule has 1 heterocycles. The Morgan fingerprint density at radius 2 is 2.05 bits per heavy atom. The predicted octanol–water partition coefficient (Wildman–Crippen LogP) is 4.88. The number of methoxy groups -OCH3 is 1. The maximum absolute atomic E-state index is 6.04. The van der Waals surface area contributed by atoms with E-state index in [0.717, 1.165) is 25.9 Å². The Bertz CT molecular complexity index is 593. The van der Waals surface area contributed by atoms with Gasteiger partial charge in [0.25, 0.3) is 0 Å². The third-order valence-corrected chi connectivity index (χ3v) is 3.70. The van der Waals surface area contributed by atoms with Crippen LogP contribution in [0.3, 0.4) is 0 Å². The van der Waals surface area contributed by atoms with E-state index in [1.807, 2.05) is 18.3 Å². The Labute approximate surface area is 133 Å². The Morgan fingerprint density at radius 3 is 2.74 bits per heavy atom. The topological polar surface area (TPSA) is 34.1 Å². The minimum atomic E-state index is 0.635. The van der Waals surface area contributed by atoms with E-state index in [-0.39, 0.29) is 0 Å². The molecule has 2 aromatic rings. The molecule has 0 aliphatic heterocycles. The van der Waals surface area contributed by atoms with Gasteiger partial charge < -0.3 is 10.1 Å². The molecule has 19 heavy (non-hydrogen) atoms. The van der Waals surface area contributed by atoms with Crippen molar-refractivity contribution in [2.45, 2.75) is 6.54 Å². The van der Waals surface area contributed by atoms with Crippen LogP contribution < -0.4 is 10.1 Å². The van der Waals surface area contributed by atoms with Crippen LogP contribution in [0.25, 0.3) is 0 Å². The number of benzene rings is 1. The monoisotopic (exact) mass is 404 g/mol. The first-order chi connectivity index (χ1) is 9.10. The Kier molecular flexibility index (Phi) is 5.07. The number of hydrogen-bond acceptors (Lipinski definition) is 3. The molecule has 0 radical (unpaired) electrons. The summed E-state index contributed by atoms with van der Waals surface area (Å²) >= 11 is 12.9. The number of ether oxygens (including phenoxy) is 1. The largest absolute Gasteiger partial charge is 0.493 e. The van der Waals surface area contributed by atoms with Crippen LogP contribution in [0.2, 0.25) is 5.02 Å². The molecule has 1 aromatic carbocycles. The van der Waals surface area contributed by atoms with E-state index in [1.165, 1.54) is 0 Å². The molecule has 0 aliphatic rings. The lowest BCUT2D eigenvalue weighted by Crippen LogP contribution is -2.02. The van der Waals surface area contributed by atoms with Crippen molar-refractivity contribution in [1.82, 2.24) is 4.98 Å². The first-order valence-electron chi connectivity index (χ1n) is 5.46. The average Bonchev–Trinajstić information content (AvgIpc) is 2.36. The van der Waals surface area contributed by atoms with Gasteiger partial charge in [0.2, 0.25) is 0 Å². The molecule has 0 atom stereocenters. The van der Waals surface area contributed by atoms with E-state index in [0.29, 0.717) is 11.6 Å². The van der Waals surface area contributed by atoms with Crippen LogP contribution >= 0.6 is 43.5 Å². The fourth-order valence-electron chi connectivity index (χ4n) is 1.65. The average molecular weight is 407 g/mol. The molecule has 1 N–H and O–H groups in total. The van der Waals surface area contributed by atoms with E-state index in [9.17, 15) is 0 Å². The molecule has 0 saturated heterocycles. The molecule has 0 unspecified atom stereocenters. The molecule has 3 nitrogen and oxygen atoms in total. The number of nitrogens with zero attached hydrogens (tertiary/aromatic N) is 1. The molecule has 100 valence electrons. The summed E-state index contributed by atoms with van der Waals surface area (Å²) in [6, 6.07) is 5.63. The van der Waals surface area contributed by atoms with Crippen molar-refractivity contribution in [3.05, 3.63) is 50.1 Å². The summed E-state index contributed by atoms with van der Waals surface area (Å²) in [6.07, 6.45) is 3.56. The number of nitrogens with one attached hydrogen (secondary N) is 1. The van der Waals surface area contributed by atoms with Gasteiger partial charge in [-0.25, -0.2) is 0 Å². The number of halogens is 3. The van der Waals surface area contributed by atoms with Crippen LogP contribution in [-0.2, 0) is 6.54 Å². The van der Waals surface area contributed by atoms with Crippen molar-refractivity contribution in [3.8, 4) is 5.75 Å². The lowest BCUT2D eigenvalue weighted by molar-refractivity contribution is 0.414. The van der Waals surface area contributed by atoms with Crippen molar-refractivity contribution >= 4 is 49.1 Å². The number of pyridine rings is 1. The molecule has 6 heteroatoms. The Morgan fingerprint density at radius 1 is 1.26 bits per heavy atom. The molecule has 0 spiro atoms. The summed E-state index contributed by atoms with van der Waals surface area (Å²) < 4.78 is 7.12. The fraction of sp³-hybridized carbons (Fsp3) is 0.154. The summed E-state index contributed by atoms with van der Waals surface area (Å²) in [7, 11) is 1.62. The molecular weight excluding hydrogens is 395 g/mol. The third kappa shape index (κ3) is 3.84. The van der Waals surface area contributed by atoms with Crippen LogP contribution in [-0.4, -0.2) is 12.1 Å². The summed E-state index contributed by atoms with van der Waals surface area (Å²) in [6.45, 7) is 0.635. The van der Waals surface area contributed by atoms with Gasteiger partial charge in [0.05, 0.1) is 17.3 Å². The summed E-state index contributed by atoms with van der Waals surface area (Å²) in [4.78, 5) is 4.12. The highest BCUT2D eigenvalue weighted by atomic mass is 79.9. The van der Waals surface area contributed by atoms with Crippen LogP contribution in [0.15, 0.2) is 39.5 Å². The summed E-state index contributed by atoms with van der Waals surface area (Å²) in [5.74, 6) is 0.729. The second-order valence-electron chi connectivity index (χ2n) is 3.83. The molecule has 0 fully saturated rings. The van der Waals surface area contributed by atoms with E-state index >= 15 is 0 Å². The maximum Gasteiger partial charge on any atom is 0.156 e. The van der Waals surface area contributed by atoms with E-state index < -0.39 is 0 Å². The van der Waals surface area contributed by atoms with Gasteiger partial charge in [-0.3, -0.25) is 4.98 Å².